The van der Waals surface area contributed by atoms with Gasteiger partial charge in [0.2, 0.25) is 0 Å². The molecule has 21 heavy (non-hydrogen) atoms. The van der Waals surface area contributed by atoms with Crippen LogP contribution in [0.25, 0.3) is 5.57 Å². The average Bonchev–Trinajstić information content (AvgIpc) is 3.12. The number of hydrogen-bond donors (Lipinski definition) is 2. The van der Waals surface area contributed by atoms with Gasteiger partial charge in [-0.3, -0.25) is 0 Å². The molecule has 0 saturated heterocycles. The molecule has 0 aromatic heterocycles. The molecule has 4 atom stereocenters. The van der Waals surface area contributed by atoms with E-state index in [9.17, 15) is 10.2 Å². The monoisotopic (exact) mass is 282 g/mol. The summed E-state index contributed by atoms with van der Waals surface area (Å²) in [5, 5.41) is 20.3. The van der Waals surface area contributed by atoms with Crippen LogP contribution in [0.2, 0.25) is 0 Å². The molecule has 1 aromatic carbocycles. The summed E-state index contributed by atoms with van der Waals surface area (Å²) < 4.78 is 0. The molecule has 4 aliphatic rings. The number of hydrogen-bond acceptors (Lipinski definition) is 2. The molecule has 1 spiro atoms. The molecule has 0 radical (unpaired) electrons. The van der Waals surface area contributed by atoms with Gasteiger partial charge in [0.05, 0.1) is 6.10 Å². The average molecular weight is 282 g/mol. The van der Waals surface area contributed by atoms with Crippen molar-refractivity contribution in [1.82, 2.24) is 0 Å². The van der Waals surface area contributed by atoms with Crippen LogP contribution in [-0.4, -0.2) is 16.3 Å². The van der Waals surface area contributed by atoms with Crippen molar-refractivity contribution in [2.45, 2.75) is 51.6 Å². The summed E-state index contributed by atoms with van der Waals surface area (Å²) in [6.07, 6.45) is 6.58. The fourth-order valence-corrected chi connectivity index (χ4v) is 6.06. The highest BCUT2D eigenvalue weighted by atomic mass is 16.3. The molecule has 2 N–H and O–H groups in total. The minimum atomic E-state index is -0.105. The maximum atomic E-state index is 10.5. The van der Waals surface area contributed by atoms with Gasteiger partial charge < -0.3 is 10.2 Å². The summed E-state index contributed by atoms with van der Waals surface area (Å²) in [7, 11) is 0. The van der Waals surface area contributed by atoms with Crippen LogP contribution in [0.3, 0.4) is 0 Å². The van der Waals surface area contributed by atoms with Crippen molar-refractivity contribution >= 4 is 5.57 Å². The maximum Gasteiger partial charge on any atom is 0.115 e. The lowest BCUT2D eigenvalue weighted by Crippen LogP contribution is -2.41. The normalized spacial score (nSPS) is 43.0. The zero-order chi connectivity index (χ0) is 14.4. The fourth-order valence-electron chi connectivity index (χ4n) is 6.06. The van der Waals surface area contributed by atoms with Crippen molar-refractivity contribution in [3.05, 3.63) is 34.9 Å². The minimum Gasteiger partial charge on any atom is -0.508 e. The summed E-state index contributed by atoms with van der Waals surface area (Å²) in [4.78, 5) is 0. The van der Waals surface area contributed by atoms with Crippen LogP contribution in [-0.2, 0) is 6.42 Å². The van der Waals surface area contributed by atoms with E-state index >= 15 is 0 Å². The summed E-state index contributed by atoms with van der Waals surface area (Å²) >= 11 is 0. The van der Waals surface area contributed by atoms with Crippen molar-refractivity contribution in [2.24, 2.45) is 16.7 Å². The number of aryl methyl sites for hydroxylation is 1. The van der Waals surface area contributed by atoms with Gasteiger partial charge in [0.25, 0.3) is 0 Å². The van der Waals surface area contributed by atoms with Crippen LogP contribution in [0.5, 0.6) is 5.75 Å². The Morgan fingerprint density at radius 2 is 2.05 bits per heavy atom. The Labute approximate surface area is 125 Å². The number of aliphatic hydroxyl groups is 1. The van der Waals surface area contributed by atoms with Crippen molar-refractivity contribution in [1.29, 1.82) is 0 Å². The Morgan fingerprint density at radius 1 is 1.19 bits per heavy atom. The van der Waals surface area contributed by atoms with Crippen molar-refractivity contribution < 1.29 is 10.2 Å². The van der Waals surface area contributed by atoms with Crippen LogP contribution in [0.4, 0.5) is 0 Å². The molecule has 1 unspecified atom stereocenters. The Hall–Kier alpha value is -1.28. The molecular formula is C19H22O2. The van der Waals surface area contributed by atoms with Crippen molar-refractivity contribution in [3.63, 3.8) is 0 Å². The van der Waals surface area contributed by atoms with Gasteiger partial charge in [0.1, 0.15) is 5.75 Å². The molecule has 2 heteroatoms. The number of aliphatic hydroxyl groups excluding tert-OH is 1. The van der Waals surface area contributed by atoms with Gasteiger partial charge in [-0.2, -0.15) is 0 Å². The molecule has 0 heterocycles. The predicted molar refractivity (Wildman–Crippen MR) is 81.9 cm³/mol. The molecule has 4 aliphatic carbocycles. The molecule has 1 aromatic rings. The first-order valence-corrected chi connectivity index (χ1v) is 8.29. The fraction of sp³-hybridized carbons (Fsp3) is 0.579. The third kappa shape index (κ3) is 1.25. The van der Waals surface area contributed by atoms with Crippen LogP contribution >= 0.6 is 0 Å². The van der Waals surface area contributed by atoms with E-state index in [2.05, 4.69) is 13.0 Å². The number of fused-ring (bicyclic) bond motifs is 2. The number of phenols is 1. The molecule has 2 fully saturated rings. The van der Waals surface area contributed by atoms with Crippen molar-refractivity contribution in [2.75, 3.05) is 0 Å². The molecule has 5 rings (SSSR count). The van der Waals surface area contributed by atoms with Gasteiger partial charge in [0.15, 0.2) is 0 Å². The van der Waals surface area contributed by atoms with Crippen LogP contribution < -0.4 is 0 Å². The summed E-state index contributed by atoms with van der Waals surface area (Å²) in [5.74, 6) is 1.11. The van der Waals surface area contributed by atoms with E-state index in [1.54, 1.807) is 11.1 Å². The van der Waals surface area contributed by atoms with E-state index in [0.717, 1.165) is 38.0 Å². The largest absolute Gasteiger partial charge is 0.508 e. The summed E-state index contributed by atoms with van der Waals surface area (Å²) in [6.45, 7) is 2.33. The molecule has 0 amide bonds. The lowest BCUT2D eigenvalue weighted by Gasteiger charge is -2.46. The van der Waals surface area contributed by atoms with E-state index in [0.29, 0.717) is 11.2 Å². The second kappa shape index (κ2) is 3.55. The van der Waals surface area contributed by atoms with E-state index < -0.39 is 0 Å². The Bertz CT molecular complexity index is 689. The molecule has 110 valence electrons. The summed E-state index contributed by atoms with van der Waals surface area (Å²) in [6, 6.07) is 5.88. The maximum absolute atomic E-state index is 10.5. The standard InChI is InChI=1S/C19H22O2/c1-18-7-6-15-14-4-3-13(20)8-11(14)2-5-16(15)19(18)10-12(19)9-17(18)21/h3-4,8,12,17,20-21H,2,5-7,9-10H2,1H3/t12-,17-,18-,19?/m1/s1. The van der Waals surface area contributed by atoms with Crippen LogP contribution in [0.1, 0.15) is 50.2 Å². The van der Waals surface area contributed by atoms with E-state index in [1.165, 1.54) is 17.5 Å². The highest BCUT2D eigenvalue weighted by Gasteiger charge is 2.74. The zero-order valence-corrected chi connectivity index (χ0v) is 12.5. The van der Waals surface area contributed by atoms with Gasteiger partial charge in [-0.05, 0) is 73.3 Å². The lowest BCUT2D eigenvalue weighted by atomic mass is 9.59. The topological polar surface area (TPSA) is 40.5 Å². The highest BCUT2D eigenvalue weighted by Crippen LogP contribution is 2.80. The van der Waals surface area contributed by atoms with Crippen molar-refractivity contribution in [3.8, 4) is 5.75 Å². The molecular weight excluding hydrogens is 260 g/mol. The van der Waals surface area contributed by atoms with Gasteiger partial charge in [-0.1, -0.05) is 18.6 Å². The SMILES string of the molecule is C[C@]12CCC3=C(CCc4cc(O)ccc43)C13C[C@H]3C[C@H]2O. The Balaban J connectivity index is 1.70. The second-order valence-electron chi connectivity index (χ2n) is 7.84. The van der Waals surface area contributed by atoms with Gasteiger partial charge in [0, 0.05) is 10.8 Å². The van der Waals surface area contributed by atoms with E-state index in [-0.39, 0.29) is 11.5 Å². The molecule has 2 nitrogen and oxygen atoms in total. The smallest absolute Gasteiger partial charge is 0.115 e. The van der Waals surface area contributed by atoms with E-state index in [1.807, 2.05) is 12.1 Å². The molecule has 2 saturated carbocycles. The first-order valence-electron chi connectivity index (χ1n) is 8.29. The Morgan fingerprint density at radius 3 is 2.90 bits per heavy atom. The van der Waals surface area contributed by atoms with Crippen LogP contribution in [0, 0.1) is 16.7 Å². The first-order chi connectivity index (χ1) is 10.1. The third-order valence-electron chi connectivity index (χ3n) is 7.22. The number of benzene rings is 1. The zero-order valence-electron chi connectivity index (χ0n) is 12.5. The first kappa shape index (κ1) is 12.3. The number of aromatic hydroxyl groups is 1. The number of allylic oxidation sites excluding steroid dienone is 2. The van der Waals surface area contributed by atoms with Gasteiger partial charge in [-0.15, -0.1) is 0 Å². The number of phenolic OH excluding ortho intramolecular Hbond substituents is 1. The third-order valence-corrected chi connectivity index (χ3v) is 7.22. The van der Waals surface area contributed by atoms with Crippen LogP contribution in [0.15, 0.2) is 23.8 Å². The second-order valence-corrected chi connectivity index (χ2v) is 7.84. The van der Waals surface area contributed by atoms with Gasteiger partial charge >= 0.3 is 0 Å². The summed E-state index contributed by atoms with van der Waals surface area (Å²) in [5.41, 5.74) is 6.32. The molecule has 0 aliphatic heterocycles. The Kier molecular flexibility index (Phi) is 2.07. The quantitative estimate of drug-likeness (QED) is 0.762. The highest BCUT2D eigenvalue weighted by molar-refractivity contribution is 5.77. The predicted octanol–water partition coefficient (Wildman–Crippen LogP) is 3.66. The lowest BCUT2D eigenvalue weighted by molar-refractivity contribution is 0.0114. The van der Waals surface area contributed by atoms with E-state index in [4.69, 9.17) is 0 Å². The minimum absolute atomic E-state index is 0.105. The van der Waals surface area contributed by atoms with Gasteiger partial charge in [-0.25, -0.2) is 0 Å². The number of rotatable bonds is 0. The molecule has 0 bridgehead atoms.